The summed E-state index contributed by atoms with van der Waals surface area (Å²) >= 11 is 0. The SMILES string of the molecule is Cc1ccn2c(NCc3ccc(Oc4cnccn4)cc3)nnc2c1. The summed E-state index contributed by atoms with van der Waals surface area (Å²) in [4.78, 5) is 8.06. The van der Waals surface area contributed by atoms with Gasteiger partial charge in [-0.05, 0) is 42.3 Å². The van der Waals surface area contributed by atoms with Gasteiger partial charge in [0, 0.05) is 25.1 Å². The number of nitrogens with zero attached hydrogens (tertiary/aromatic N) is 5. The van der Waals surface area contributed by atoms with Crippen LogP contribution in [0.5, 0.6) is 11.6 Å². The lowest BCUT2D eigenvalue weighted by molar-refractivity contribution is 0.460. The first-order valence-electron chi connectivity index (χ1n) is 7.86. The summed E-state index contributed by atoms with van der Waals surface area (Å²) in [5.41, 5.74) is 3.09. The van der Waals surface area contributed by atoms with Gasteiger partial charge >= 0.3 is 0 Å². The second kappa shape index (κ2) is 6.56. The first-order valence-corrected chi connectivity index (χ1v) is 7.86. The molecule has 0 amide bonds. The highest BCUT2D eigenvalue weighted by Crippen LogP contribution is 2.19. The average Bonchev–Trinajstić information content (AvgIpc) is 3.04. The summed E-state index contributed by atoms with van der Waals surface area (Å²) in [7, 11) is 0. The van der Waals surface area contributed by atoms with Gasteiger partial charge in [-0.3, -0.25) is 9.38 Å². The molecule has 0 aliphatic heterocycles. The van der Waals surface area contributed by atoms with E-state index in [-0.39, 0.29) is 0 Å². The van der Waals surface area contributed by atoms with Crippen LogP contribution in [0, 0.1) is 6.92 Å². The molecule has 0 unspecified atom stereocenters. The van der Waals surface area contributed by atoms with E-state index in [9.17, 15) is 0 Å². The Hall–Kier alpha value is -3.48. The van der Waals surface area contributed by atoms with Crippen molar-refractivity contribution in [2.24, 2.45) is 0 Å². The van der Waals surface area contributed by atoms with Gasteiger partial charge in [-0.15, -0.1) is 10.2 Å². The third-order valence-electron chi connectivity index (χ3n) is 3.70. The molecule has 4 aromatic rings. The van der Waals surface area contributed by atoms with Crippen molar-refractivity contribution in [2.45, 2.75) is 13.5 Å². The third kappa shape index (κ3) is 3.40. The Bertz CT molecular complexity index is 982. The molecular weight excluding hydrogens is 316 g/mol. The van der Waals surface area contributed by atoms with E-state index in [1.165, 1.54) is 0 Å². The Morgan fingerprint density at radius 2 is 1.96 bits per heavy atom. The van der Waals surface area contributed by atoms with E-state index in [0.29, 0.717) is 18.2 Å². The number of hydrogen-bond donors (Lipinski definition) is 1. The Kier molecular flexibility index (Phi) is 3.96. The highest BCUT2D eigenvalue weighted by Gasteiger charge is 2.05. The van der Waals surface area contributed by atoms with Crippen molar-refractivity contribution in [2.75, 3.05) is 5.32 Å². The number of rotatable bonds is 5. The fraction of sp³-hybridized carbons (Fsp3) is 0.111. The van der Waals surface area contributed by atoms with Crippen LogP contribution in [0.3, 0.4) is 0 Å². The molecule has 3 heterocycles. The van der Waals surface area contributed by atoms with Crippen LogP contribution in [-0.4, -0.2) is 24.6 Å². The number of pyridine rings is 1. The van der Waals surface area contributed by atoms with Crippen LogP contribution in [0.4, 0.5) is 5.95 Å². The van der Waals surface area contributed by atoms with E-state index >= 15 is 0 Å². The molecule has 0 saturated carbocycles. The Morgan fingerprint density at radius 1 is 1.08 bits per heavy atom. The summed E-state index contributed by atoms with van der Waals surface area (Å²) in [6, 6.07) is 11.8. The predicted molar refractivity (Wildman–Crippen MR) is 93.6 cm³/mol. The molecular formula is C18H16N6O. The number of hydrogen-bond acceptors (Lipinski definition) is 6. The van der Waals surface area contributed by atoms with Crippen molar-refractivity contribution in [1.82, 2.24) is 24.6 Å². The summed E-state index contributed by atoms with van der Waals surface area (Å²) < 4.78 is 7.56. The summed E-state index contributed by atoms with van der Waals surface area (Å²) in [6.45, 7) is 2.67. The van der Waals surface area contributed by atoms with E-state index in [4.69, 9.17) is 4.74 Å². The number of nitrogens with one attached hydrogen (secondary N) is 1. The molecule has 1 N–H and O–H groups in total. The van der Waals surface area contributed by atoms with Crippen LogP contribution >= 0.6 is 0 Å². The smallest absolute Gasteiger partial charge is 0.237 e. The monoisotopic (exact) mass is 332 g/mol. The Morgan fingerprint density at radius 3 is 2.76 bits per heavy atom. The molecule has 124 valence electrons. The van der Waals surface area contributed by atoms with Gasteiger partial charge in [0.1, 0.15) is 5.75 Å². The average molecular weight is 332 g/mol. The topological polar surface area (TPSA) is 77.2 Å². The minimum atomic E-state index is 0.471. The molecule has 4 rings (SSSR count). The third-order valence-corrected chi connectivity index (χ3v) is 3.70. The summed E-state index contributed by atoms with van der Waals surface area (Å²) in [6.07, 6.45) is 6.74. The van der Waals surface area contributed by atoms with Crippen molar-refractivity contribution >= 4 is 11.6 Å². The number of benzene rings is 1. The molecule has 0 saturated heterocycles. The normalized spacial score (nSPS) is 10.8. The fourth-order valence-corrected chi connectivity index (χ4v) is 2.43. The molecule has 3 aromatic heterocycles. The Balaban J connectivity index is 1.42. The molecule has 0 atom stereocenters. The highest BCUT2D eigenvalue weighted by atomic mass is 16.5. The zero-order valence-corrected chi connectivity index (χ0v) is 13.6. The molecule has 25 heavy (non-hydrogen) atoms. The van der Waals surface area contributed by atoms with E-state index < -0.39 is 0 Å². The van der Waals surface area contributed by atoms with Crippen molar-refractivity contribution in [3.8, 4) is 11.6 Å². The van der Waals surface area contributed by atoms with Gasteiger partial charge in [0.15, 0.2) is 5.65 Å². The summed E-state index contributed by atoms with van der Waals surface area (Å²) in [5, 5.41) is 11.7. The van der Waals surface area contributed by atoms with Crippen LogP contribution in [0.1, 0.15) is 11.1 Å². The van der Waals surface area contributed by atoms with E-state index in [1.807, 2.05) is 53.9 Å². The second-order valence-electron chi connectivity index (χ2n) is 5.60. The second-order valence-corrected chi connectivity index (χ2v) is 5.60. The molecule has 0 aliphatic rings. The first-order chi connectivity index (χ1) is 12.3. The Labute approximate surface area is 144 Å². The van der Waals surface area contributed by atoms with Gasteiger partial charge in [-0.25, -0.2) is 4.98 Å². The quantitative estimate of drug-likeness (QED) is 0.604. The lowest BCUT2D eigenvalue weighted by Gasteiger charge is -2.07. The number of aryl methyl sites for hydroxylation is 1. The molecule has 0 bridgehead atoms. The lowest BCUT2D eigenvalue weighted by Crippen LogP contribution is -2.03. The molecule has 0 aliphatic carbocycles. The van der Waals surface area contributed by atoms with Crippen LogP contribution < -0.4 is 10.1 Å². The lowest BCUT2D eigenvalue weighted by atomic mass is 10.2. The maximum absolute atomic E-state index is 5.63. The fourth-order valence-electron chi connectivity index (χ4n) is 2.43. The molecule has 0 fully saturated rings. The largest absolute Gasteiger partial charge is 0.438 e. The minimum absolute atomic E-state index is 0.471. The van der Waals surface area contributed by atoms with Gasteiger partial charge in [-0.2, -0.15) is 0 Å². The van der Waals surface area contributed by atoms with Crippen LogP contribution in [0.25, 0.3) is 5.65 Å². The maximum atomic E-state index is 5.63. The van der Waals surface area contributed by atoms with E-state index in [1.54, 1.807) is 18.6 Å². The van der Waals surface area contributed by atoms with Crippen LogP contribution in [0.2, 0.25) is 0 Å². The van der Waals surface area contributed by atoms with E-state index in [2.05, 4.69) is 25.5 Å². The number of fused-ring (bicyclic) bond motifs is 1. The summed E-state index contributed by atoms with van der Waals surface area (Å²) in [5.74, 6) is 1.90. The minimum Gasteiger partial charge on any atom is -0.438 e. The van der Waals surface area contributed by atoms with Crippen molar-refractivity contribution < 1.29 is 4.74 Å². The highest BCUT2D eigenvalue weighted by molar-refractivity contribution is 5.47. The van der Waals surface area contributed by atoms with Crippen molar-refractivity contribution in [3.63, 3.8) is 0 Å². The standard InChI is InChI=1S/C18H16N6O/c1-13-6-9-24-16(10-13)22-23-18(24)21-11-14-2-4-15(5-3-14)25-17-12-19-7-8-20-17/h2-10,12H,11H2,1H3,(H,21,23). The van der Waals surface area contributed by atoms with Crippen LogP contribution in [0.15, 0.2) is 61.2 Å². The maximum Gasteiger partial charge on any atom is 0.237 e. The van der Waals surface area contributed by atoms with Crippen molar-refractivity contribution in [1.29, 1.82) is 0 Å². The zero-order valence-electron chi connectivity index (χ0n) is 13.6. The zero-order chi connectivity index (χ0) is 17.1. The molecule has 1 aromatic carbocycles. The number of ether oxygens (including phenoxy) is 1. The number of aromatic nitrogens is 5. The molecule has 0 radical (unpaired) electrons. The van der Waals surface area contributed by atoms with E-state index in [0.717, 1.165) is 22.7 Å². The van der Waals surface area contributed by atoms with Crippen LogP contribution in [-0.2, 0) is 6.54 Å². The van der Waals surface area contributed by atoms with Gasteiger partial charge in [-0.1, -0.05) is 12.1 Å². The first kappa shape index (κ1) is 15.1. The molecule has 7 heteroatoms. The van der Waals surface area contributed by atoms with Gasteiger partial charge < -0.3 is 10.1 Å². The number of anilines is 1. The van der Waals surface area contributed by atoms with Crippen molar-refractivity contribution in [3.05, 3.63) is 72.3 Å². The van der Waals surface area contributed by atoms with Gasteiger partial charge in [0.05, 0.1) is 6.20 Å². The van der Waals surface area contributed by atoms with Gasteiger partial charge in [0.25, 0.3) is 0 Å². The molecule has 7 nitrogen and oxygen atoms in total. The predicted octanol–water partition coefficient (Wildman–Crippen LogP) is 3.23. The molecule has 0 spiro atoms. The van der Waals surface area contributed by atoms with Gasteiger partial charge in [0.2, 0.25) is 11.8 Å².